The maximum atomic E-state index is 12.8. The highest BCUT2D eigenvalue weighted by atomic mass is 32.2. The SMILES string of the molecule is COc1ccc2c(c1)OC(C)(C)CN(C(=O)NC[C@H]1CCCS(=O)(=O)C1)C2. The van der Waals surface area contributed by atoms with E-state index >= 15 is 0 Å². The van der Waals surface area contributed by atoms with E-state index in [0.29, 0.717) is 37.6 Å². The highest BCUT2D eigenvalue weighted by Gasteiger charge is 2.32. The molecule has 2 aliphatic rings. The van der Waals surface area contributed by atoms with E-state index in [1.165, 1.54) is 0 Å². The van der Waals surface area contributed by atoms with E-state index in [4.69, 9.17) is 9.47 Å². The van der Waals surface area contributed by atoms with Crippen LogP contribution in [0.15, 0.2) is 18.2 Å². The third-order valence-corrected chi connectivity index (χ3v) is 6.87. The lowest BCUT2D eigenvalue weighted by Crippen LogP contribution is -2.48. The van der Waals surface area contributed by atoms with Gasteiger partial charge in [0, 0.05) is 18.2 Å². The monoisotopic (exact) mass is 396 g/mol. The van der Waals surface area contributed by atoms with E-state index in [0.717, 1.165) is 12.0 Å². The summed E-state index contributed by atoms with van der Waals surface area (Å²) >= 11 is 0. The Morgan fingerprint density at radius 1 is 1.41 bits per heavy atom. The zero-order chi connectivity index (χ0) is 19.7. The molecule has 0 aliphatic carbocycles. The van der Waals surface area contributed by atoms with Crippen LogP contribution in [0.2, 0.25) is 0 Å². The molecule has 0 radical (unpaired) electrons. The number of sulfone groups is 1. The van der Waals surface area contributed by atoms with Crippen LogP contribution in [-0.2, 0) is 16.4 Å². The molecule has 0 bridgehead atoms. The molecule has 0 unspecified atom stereocenters. The average Bonchev–Trinajstić information content (AvgIpc) is 2.72. The molecule has 1 atom stereocenters. The second-order valence-electron chi connectivity index (χ2n) is 8.00. The molecule has 0 spiro atoms. The molecule has 0 aromatic heterocycles. The van der Waals surface area contributed by atoms with Crippen LogP contribution in [0, 0.1) is 5.92 Å². The molecule has 27 heavy (non-hydrogen) atoms. The van der Waals surface area contributed by atoms with Crippen molar-refractivity contribution < 1.29 is 22.7 Å². The molecule has 7 nitrogen and oxygen atoms in total. The number of nitrogens with one attached hydrogen (secondary N) is 1. The highest BCUT2D eigenvalue weighted by Crippen LogP contribution is 2.32. The minimum absolute atomic E-state index is 0.0134. The van der Waals surface area contributed by atoms with Crippen LogP contribution >= 0.6 is 0 Å². The molecule has 1 aromatic rings. The van der Waals surface area contributed by atoms with Crippen LogP contribution in [-0.4, -0.2) is 56.7 Å². The topological polar surface area (TPSA) is 84.9 Å². The molecular weight excluding hydrogens is 368 g/mol. The van der Waals surface area contributed by atoms with Crippen molar-refractivity contribution in [3.05, 3.63) is 23.8 Å². The quantitative estimate of drug-likeness (QED) is 0.847. The molecule has 1 N–H and O–H groups in total. The van der Waals surface area contributed by atoms with Crippen molar-refractivity contribution in [3.63, 3.8) is 0 Å². The van der Waals surface area contributed by atoms with Crippen molar-refractivity contribution in [1.29, 1.82) is 0 Å². The molecule has 150 valence electrons. The van der Waals surface area contributed by atoms with Gasteiger partial charge in [-0.1, -0.05) is 0 Å². The summed E-state index contributed by atoms with van der Waals surface area (Å²) in [4.78, 5) is 14.5. The Morgan fingerprint density at radius 3 is 2.89 bits per heavy atom. The maximum Gasteiger partial charge on any atom is 0.317 e. The fraction of sp³-hybridized carbons (Fsp3) is 0.632. The average molecular weight is 397 g/mol. The van der Waals surface area contributed by atoms with E-state index in [1.807, 2.05) is 32.0 Å². The Bertz CT molecular complexity index is 806. The standard InChI is InChI=1S/C19H28N2O5S/c1-19(2)13-21(11-15-6-7-16(25-3)9-17(15)26-19)18(22)20-10-14-5-4-8-27(23,24)12-14/h6-7,9,14H,4-5,8,10-13H2,1-3H3,(H,20,22)/t14-/m1/s1. The summed E-state index contributed by atoms with van der Waals surface area (Å²) in [5, 5.41) is 2.92. The van der Waals surface area contributed by atoms with Crippen molar-refractivity contribution in [2.45, 2.75) is 38.8 Å². The number of benzene rings is 1. The summed E-state index contributed by atoms with van der Waals surface area (Å²) in [6.07, 6.45) is 1.50. The summed E-state index contributed by atoms with van der Waals surface area (Å²) in [6.45, 7) is 5.12. The van der Waals surface area contributed by atoms with Gasteiger partial charge >= 0.3 is 6.03 Å². The molecular formula is C19H28N2O5S. The summed E-state index contributed by atoms with van der Waals surface area (Å²) in [5.41, 5.74) is 0.361. The number of carbonyl (C=O) groups is 1. The second kappa shape index (κ2) is 7.58. The second-order valence-corrected chi connectivity index (χ2v) is 10.2. The molecule has 8 heteroatoms. The molecule has 1 fully saturated rings. The summed E-state index contributed by atoms with van der Waals surface area (Å²) < 4.78 is 34.9. The van der Waals surface area contributed by atoms with Gasteiger partial charge in [0.2, 0.25) is 0 Å². The lowest BCUT2D eigenvalue weighted by atomic mass is 10.1. The van der Waals surface area contributed by atoms with E-state index < -0.39 is 15.4 Å². The molecule has 0 saturated carbocycles. The first-order chi connectivity index (χ1) is 12.7. The van der Waals surface area contributed by atoms with Crippen molar-refractivity contribution in [2.24, 2.45) is 5.92 Å². The van der Waals surface area contributed by atoms with Crippen LogP contribution in [0.25, 0.3) is 0 Å². The highest BCUT2D eigenvalue weighted by molar-refractivity contribution is 7.91. The minimum Gasteiger partial charge on any atom is -0.497 e. The van der Waals surface area contributed by atoms with E-state index in [2.05, 4.69) is 5.32 Å². The molecule has 1 aromatic carbocycles. The molecule has 2 aliphatic heterocycles. The van der Waals surface area contributed by atoms with Crippen molar-refractivity contribution >= 4 is 15.9 Å². The van der Waals surface area contributed by atoms with Crippen molar-refractivity contribution in [3.8, 4) is 11.5 Å². The zero-order valence-electron chi connectivity index (χ0n) is 16.2. The van der Waals surface area contributed by atoms with Crippen LogP contribution in [0.1, 0.15) is 32.3 Å². The number of methoxy groups -OCH3 is 1. The lowest BCUT2D eigenvalue weighted by Gasteiger charge is -2.30. The van der Waals surface area contributed by atoms with Crippen LogP contribution in [0.3, 0.4) is 0 Å². The first kappa shape index (κ1) is 19.8. The lowest BCUT2D eigenvalue weighted by molar-refractivity contribution is 0.0803. The molecule has 2 heterocycles. The van der Waals surface area contributed by atoms with Crippen LogP contribution < -0.4 is 14.8 Å². The zero-order valence-corrected chi connectivity index (χ0v) is 17.0. The third-order valence-electron chi connectivity index (χ3n) is 4.98. The smallest absolute Gasteiger partial charge is 0.317 e. The molecule has 2 amide bonds. The first-order valence-corrected chi connectivity index (χ1v) is 11.1. The van der Waals surface area contributed by atoms with Gasteiger partial charge in [-0.2, -0.15) is 0 Å². The fourth-order valence-electron chi connectivity index (χ4n) is 3.70. The Balaban J connectivity index is 1.68. The normalized spacial score (nSPS) is 23.5. The number of ether oxygens (including phenoxy) is 2. The van der Waals surface area contributed by atoms with Crippen molar-refractivity contribution in [2.75, 3.05) is 31.7 Å². The van der Waals surface area contributed by atoms with Gasteiger partial charge in [0.25, 0.3) is 0 Å². The Kier molecular flexibility index (Phi) is 5.55. The third kappa shape index (κ3) is 5.06. The number of urea groups is 1. The first-order valence-electron chi connectivity index (χ1n) is 9.26. The predicted molar refractivity (Wildman–Crippen MR) is 103 cm³/mol. The number of fused-ring (bicyclic) bond motifs is 1. The Hall–Kier alpha value is -1.96. The fourth-order valence-corrected chi connectivity index (χ4v) is 5.48. The molecule has 3 rings (SSSR count). The van der Waals surface area contributed by atoms with E-state index in [9.17, 15) is 13.2 Å². The van der Waals surface area contributed by atoms with Gasteiger partial charge in [0.15, 0.2) is 9.84 Å². The summed E-state index contributed by atoms with van der Waals surface area (Å²) in [6, 6.07) is 5.40. The number of rotatable bonds is 3. The van der Waals surface area contributed by atoms with E-state index in [-0.39, 0.29) is 23.5 Å². The van der Waals surface area contributed by atoms with E-state index in [1.54, 1.807) is 12.0 Å². The number of hydrogen-bond donors (Lipinski definition) is 1. The van der Waals surface area contributed by atoms with Crippen molar-refractivity contribution in [1.82, 2.24) is 10.2 Å². The van der Waals surface area contributed by atoms with Gasteiger partial charge in [0.1, 0.15) is 17.1 Å². The number of nitrogens with zero attached hydrogens (tertiary/aromatic N) is 1. The molecule has 1 saturated heterocycles. The maximum absolute atomic E-state index is 12.8. The number of carbonyl (C=O) groups excluding carboxylic acids is 1. The van der Waals surface area contributed by atoms with Crippen LogP contribution in [0.5, 0.6) is 11.5 Å². The van der Waals surface area contributed by atoms with Crippen LogP contribution in [0.4, 0.5) is 4.79 Å². The minimum atomic E-state index is -2.97. The van der Waals surface area contributed by atoms with Gasteiger partial charge < -0.3 is 19.7 Å². The Labute approximate surface area is 160 Å². The van der Waals surface area contributed by atoms with Gasteiger partial charge in [-0.25, -0.2) is 13.2 Å². The summed E-state index contributed by atoms with van der Waals surface area (Å²) in [7, 11) is -1.37. The van der Waals surface area contributed by atoms with Gasteiger partial charge in [-0.3, -0.25) is 0 Å². The predicted octanol–water partition coefficient (Wildman–Crippen LogP) is 2.20. The van der Waals surface area contributed by atoms with Gasteiger partial charge in [-0.15, -0.1) is 0 Å². The largest absolute Gasteiger partial charge is 0.497 e. The Morgan fingerprint density at radius 2 is 2.19 bits per heavy atom. The van der Waals surface area contributed by atoms with Gasteiger partial charge in [0.05, 0.1) is 31.7 Å². The number of hydrogen-bond acceptors (Lipinski definition) is 5. The number of amides is 2. The summed E-state index contributed by atoms with van der Waals surface area (Å²) in [5.74, 6) is 1.83. The van der Waals surface area contributed by atoms with Gasteiger partial charge in [-0.05, 0) is 44.7 Å².